The monoisotopic (exact) mass is 351 g/mol. The maximum Gasteiger partial charge on any atom is 0.305 e. The zero-order chi connectivity index (χ0) is 17.2. The average molecular weight is 352 g/mol. The van der Waals surface area contributed by atoms with Gasteiger partial charge in [-0.3, -0.25) is 9.59 Å². The van der Waals surface area contributed by atoms with Gasteiger partial charge in [0.05, 0.1) is 11.8 Å². The molecule has 2 heterocycles. The molecule has 1 unspecified atom stereocenters. The van der Waals surface area contributed by atoms with E-state index < -0.39 is 11.4 Å². The van der Waals surface area contributed by atoms with Crippen LogP contribution < -0.4 is 0 Å². The highest BCUT2D eigenvalue weighted by Gasteiger charge is 2.47. The van der Waals surface area contributed by atoms with E-state index >= 15 is 0 Å². The molecular weight excluding hydrogens is 330 g/mol. The molecule has 1 amide bonds. The van der Waals surface area contributed by atoms with E-state index in [4.69, 9.17) is 21.4 Å². The van der Waals surface area contributed by atoms with Crippen molar-refractivity contribution in [3.8, 4) is 0 Å². The summed E-state index contributed by atoms with van der Waals surface area (Å²) in [6, 6.07) is 7.24. The minimum Gasteiger partial charge on any atom is -0.481 e. The molecule has 0 radical (unpaired) electrons. The van der Waals surface area contributed by atoms with Crippen LogP contribution in [0.3, 0.4) is 0 Å². The molecule has 0 bridgehead atoms. The lowest BCUT2D eigenvalue weighted by Crippen LogP contribution is -2.51. The molecule has 0 saturated carbocycles. The lowest BCUT2D eigenvalue weighted by molar-refractivity contribution is -0.144. The summed E-state index contributed by atoms with van der Waals surface area (Å²) in [5.74, 6) is -0.860. The van der Waals surface area contributed by atoms with E-state index in [1.807, 2.05) is 18.2 Å². The van der Waals surface area contributed by atoms with Crippen molar-refractivity contribution in [3.05, 3.63) is 34.9 Å². The number of halogens is 1. The number of rotatable bonds is 4. The fourth-order valence-corrected chi connectivity index (χ4v) is 4.28. The zero-order valence-electron chi connectivity index (χ0n) is 13.5. The predicted octanol–water partition coefficient (Wildman–Crippen LogP) is 2.85. The molecule has 3 rings (SSSR count). The maximum absolute atomic E-state index is 13.5. The number of hydrogen-bond acceptors (Lipinski definition) is 3. The Balaban J connectivity index is 1.95. The van der Waals surface area contributed by atoms with Crippen LogP contribution in [0.1, 0.15) is 37.7 Å². The van der Waals surface area contributed by atoms with E-state index in [0.717, 1.165) is 18.4 Å². The Morgan fingerprint density at radius 3 is 2.67 bits per heavy atom. The van der Waals surface area contributed by atoms with Crippen molar-refractivity contribution in [1.29, 1.82) is 0 Å². The third-order valence-corrected chi connectivity index (χ3v) is 5.52. The number of ether oxygens (including phenoxy) is 1. The Kier molecular flexibility index (Phi) is 5.11. The van der Waals surface area contributed by atoms with Crippen LogP contribution in [0.2, 0.25) is 5.02 Å². The van der Waals surface area contributed by atoms with Crippen LogP contribution in [0, 0.1) is 0 Å². The summed E-state index contributed by atoms with van der Waals surface area (Å²) in [6.45, 7) is 1.63. The standard InChI is InChI=1S/C18H22ClNO4/c19-15-6-2-1-5-14(15)18(7-10-24-11-8-18)17(23)20-9-3-4-13(20)12-16(21)22/h1-2,5-6,13H,3-4,7-12H2,(H,21,22). The van der Waals surface area contributed by atoms with Crippen molar-refractivity contribution >= 4 is 23.5 Å². The van der Waals surface area contributed by atoms with Gasteiger partial charge in [-0.2, -0.15) is 0 Å². The van der Waals surface area contributed by atoms with E-state index in [9.17, 15) is 9.59 Å². The molecule has 2 aliphatic rings. The van der Waals surface area contributed by atoms with E-state index in [2.05, 4.69) is 0 Å². The van der Waals surface area contributed by atoms with Crippen LogP contribution in [0.4, 0.5) is 0 Å². The number of carbonyl (C=O) groups is 2. The summed E-state index contributed by atoms with van der Waals surface area (Å²) in [7, 11) is 0. The normalized spacial score (nSPS) is 23.2. The van der Waals surface area contributed by atoms with Crippen LogP contribution in [-0.2, 0) is 19.7 Å². The number of aliphatic carboxylic acids is 1. The van der Waals surface area contributed by atoms with Crippen LogP contribution in [0.5, 0.6) is 0 Å². The maximum atomic E-state index is 13.5. The zero-order valence-corrected chi connectivity index (χ0v) is 14.3. The van der Waals surface area contributed by atoms with Gasteiger partial charge in [0.2, 0.25) is 5.91 Å². The molecule has 0 spiro atoms. The molecule has 2 aliphatic heterocycles. The number of carbonyl (C=O) groups excluding carboxylic acids is 1. The molecule has 6 heteroatoms. The van der Waals surface area contributed by atoms with E-state index in [1.165, 1.54) is 0 Å². The minimum absolute atomic E-state index is 0.000835. The molecule has 1 aromatic carbocycles. The molecular formula is C18H22ClNO4. The van der Waals surface area contributed by atoms with Gasteiger partial charge < -0.3 is 14.7 Å². The van der Waals surface area contributed by atoms with Crippen molar-refractivity contribution in [1.82, 2.24) is 4.90 Å². The van der Waals surface area contributed by atoms with Crippen molar-refractivity contribution in [3.63, 3.8) is 0 Å². The van der Waals surface area contributed by atoms with Gasteiger partial charge in [-0.05, 0) is 37.3 Å². The first-order valence-electron chi connectivity index (χ1n) is 8.40. The van der Waals surface area contributed by atoms with E-state index in [-0.39, 0.29) is 18.4 Å². The van der Waals surface area contributed by atoms with Crippen molar-refractivity contribution < 1.29 is 19.4 Å². The van der Waals surface area contributed by atoms with E-state index in [1.54, 1.807) is 11.0 Å². The highest BCUT2D eigenvalue weighted by molar-refractivity contribution is 6.31. The van der Waals surface area contributed by atoms with Crippen LogP contribution in [0.15, 0.2) is 24.3 Å². The SMILES string of the molecule is O=C(O)CC1CCCN1C(=O)C1(c2ccccc2Cl)CCOCC1. The highest BCUT2D eigenvalue weighted by atomic mass is 35.5. The smallest absolute Gasteiger partial charge is 0.305 e. The van der Waals surface area contributed by atoms with Gasteiger partial charge in [0, 0.05) is 30.8 Å². The second-order valence-corrected chi connectivity index (χ2v) is 6.97. The van der Waals surface area contributed by atoms with Crippen molar-refractivity contribution in [2.75, 3.05) is 19.8 Å². The first-order chi connectivity index (χ1) is 11.5. The Bertz CT molecular complexity index is 627. The Morgan fingerprint density at radius 1 is 1.29 bits per heavy atom. The van der Waals surface area contributed by atoms with Gasteiger partial charge in [-0.25, -0.2) is 0 Å². The van der Waals surface area contributed by atoms with Gasteiger partial charge in [-0.15, -0.1) is 0 Å². The second kappa shape index (κ2) is 7.11. The Labute approximate surface area is 146 Å². The average Bonchev–Trinajstić information content (AvgIpc) is 3.02. The quantitative estimate of drug-likeness (QED) is 0.905. The summed E-state index contributed by atoms with van der Waals surface area (Å²) >= 11 is 6.41. The molecule has 130 valence electrons. The number of nitrogens with zero attached hydrogens (tertiary/aromatic N) is 1. The number of amides is 1. The van der Waals surface area contributed by atoms with Crippen molar-refractivity contribution in [2.45, 2.75) is 43.6 Å². The Hall–Kier alpha value is -1.59. The van der Waals surface area contributed by atoms with Gasteiger partial charge in [-0.1, -0.05) is 29.8 Å². The van der Waals surface area contributed by atoms with Crippen LogP contribution in [0.25, 0.3) is 0 Å². The summed E-state index contributed by atoms with van der Waals surface area (Å²) in [6.07, 6.45) is 2.74. The minimum atomic E-state index is -0.863. The predicted molar refractivity (Wildman–Crippen MR) is 90.2 cm³/mol. The molecule has 1 N–H and O–H groups in total. The summed E-state index contributed by atoms with van der Waals surface area (Å²) in [5.41, 5.74) is 0.124. The number of likely N-dealkylation sites (tertiary alicyclic amines) is 1. The molecule has 2 saturated heterocycles. The first-order valence-corrected chi connectivity index (χ1v) is 8.78. The third-order valence-electron chi connectivity index (χ3n) is 5.19. The molecule has 2 fully saturated rings. The molecule has 1 atom stereocenters. The second-order valence-electron chi connectivity index (χ2n) is 6.57. The fraction of sp³-hybridized carbons (Fsp3) is 0.556. The topological polar surface area (TPSA) is 66.8 Å². The largest absolute Gasteiger partial charge is 0.481 e. The molecule has 5 nitrogen and oxygen atoms in total. The summed E-state index contributed by atoms with van der Waals surface area (Å²) in [5, 5.41) is 9.71. The van der Waals surface area contributed by atoms with E-state index in [0.29, 0.717) is 37.6 Å². The number of hydrogen-bond donors (Lipinski definition) is 1. The van der Waals surface area contributed by atoms with Crippen molar-refractivity contribution in [2.24, 2.45) is 0 Å². The number of carboxylic acid groups (broad SMARTS) is 1. The third kappa shape index (κ3) is 3.15. The molecule has 0 aromatic heterocycles. The van der Waals surface area contributed by atoms with Gasteiger partial charge in [0.15, 0.2) is 0 Å². The first kappa shape index (κ1) is 17.2. The van der Waals surface area contributed by atoms with Gasteiger partial charge in [0.25, 0.3) is 0 Å². The van der Waals surface area contributed by atoms with Gasteiger partial charge in [0.1, 0.15) is 0 Å². The van der Waals surface area contributed by atoms with Crippen LogP contribution >= 0.6 is 11.6 Å². The lowest BCUT2D eigenvalue weighted by atomic mass is 9.72. The molecule has 1 aromatic rings. The number of benzene rings is 1. The summed E-state index contributed by atoms with van der Waals surface area (Å²) in [4.78, 5) is 26.4. The number of carboxylic acids is 1. The molecule has 24 heavy (non-hydrogen) atoms. The summed E-state index contributed by atoms with van der Waals surface area (Å²) < 4.78 is 5.48. The van der Waals surface area contributed by atoms with Gasteiger partial charge >= 0.3 is 5.97 Å². The van der Waals surface area contributed by atoms with Crippen LogP contribution in [-0.4, -0.2) is 47.7 Å². The lowest BCUT2D eigenvalue weighted by Gasteiger charge is -2.41. The fourth-order valence-electron chi connectivity index (χ4n) is 3.96. The molecule has 0 aliphatic carbocycles. The Morgan fingerprint density at radius 2 is 2.00 bits per heavy atom. The highest BCUT2D eigenvalue weighted by Crippen LogP contribution is 2.41.